The predicted octanol–water partition coefficient (Wildman–Crippen LogP) is 2.19. The topological polar surface area (TPSA) is 63.1 Å². The van der Waals surface area contributed by atoms with Crippen LogP contribution in [-0.4, -0.2) is 51.5 Å². The first kappa shape index (κ1) is 16.9. The Labute approximate surface area is 146 Å². The number of likely N-dealkylation sites (N-methyl/N-ethyl adjacent to an activating group) is 1. The summed E-state index contributed by atoms with van der Waals surface area (Å²) in [6.45, 7) is 5.52. The van der Waals surface area contributed by atoms with Gasteiger partial charge in [-0.15, -0.1) is 5.10 Å². The highest BCUT2D eigenvalue weighted by molar-refractivity contribution is 6.30. The van der Waals surface area contributed by atoms with Crippen molar-refractivity contribution in [2.45, 2.75) is 32.4 Å². The Kier molecular flexibility index (Phi) is 5.48. The molecule has 24 heavy (non-hydrogen) atoms. The molecule has 1 fully saturated rings. The Morgan fingerprint density at radius 2 is 2.17 bits per heavy atom. The van der Waals surface area contributed by atoms with Gasteiger partial charge in [0.15, 0.2) is 5.69 Å². The number of likely N-dealkylation sites (tertiary alicyclic amines) is 1. The van der Waals surface area contributed by atoms with Crippen molar-refractivity contribution in [3.8, 4) is 0 Å². The third-order valence-corrected chi connectivity index (χ3v) is 4.68. The maximum absolute atomic E-state index is 12.2. The minimum atomic E-state index is -0.166. The highest BCUT2D eigenvalue weighted by Gasteiger charge is 2.23. The number of hydrogen-bond acceptors (Lipinski definition) is 4. The maximum atomic E-state index is 12.2. The average Bonchev–Trinajstić information content (AvgIpc) is 3.23. The van der Waals surface area contributed by atoms with Gasteiger partial charge in [-0.25, -0.2) is 4.68 Å². The number of benzene rings is 1. The summed E-state index contributed by atoms with van der Waals surface area (Å²) in [6, 6.07) is 7.97. The van der Waals surface area contributed by atoms with Crippen LogP contribution in [-0.2, 0) is 6.54 Å². The van der Waals surface area contributed by atoms with Crippen molar-refractivity contribution in [1.82, 2.24) is 25.2 Å². The van der Waals surface area contributed by atoms with Gasteiger partial charge in [-0.1, -0.05) is 35.9 Å². The van der Waals surface area contributed by atoms with E-state index in [2.05, 4.69) is 27.5 Å². The molecule has 7 heteroatoms. The van der Waals surface area contributed by atoms with E-state index in [9.17, 15) is 4.79 Å². The van der Waals surface area contributed by atoms with E-state index in [1.54, 1.807) is 10.9 Å². The minimum Gasteiger partial charge on any atom is -0.349 e. The molecule has 1 aliphatic rings. The van der Waals surface area contributed by atoms with Crippen LogP contribution in [0.15, 0.2) is 30.5 Å². The number of nitrogens with one attached hydrogen (secondary N) is 1. The number of aromatic nitrogens is 3. The SMILES string of the molecule is CCN1CCC[C@@H]1CNC(=O)c1cn(Cc2ccc(Cl)cc2)nn1. The Bertz CT molecular complexity index is 685. The van der Waals surface area contributed by atoms with E-state index in [4.69, 9.17) is 11.6 Å². The Morgan fingerprint density at radius 1 is 1.38 bits per heavy atom. The second-order valence-corrected chi connectivity index (χ2v) is 6.50. The van der Waals surface area contributed by atoms with Crippen molar-refractivity contribution in [3.05, 3.63) is 46.7 Å². The smallest absolute Gasteiger partial charge is 0.273 e. The quantitative estimate of drug-likeness (QED) is 0.870. The summed E-state index contributed by atoms with van der Waals surface area (Å²) in [4.78, 5) is 14.6. The lowest BCUT2D eigenvalue weighted by molar-refractivity contribution is 0.0936. The Balaban J connectivity index is 1.54. The first-order valence-electron chi connectivity index (χ1n) is 8.32. The molecule has 0 spiro atoms. The normalized spacial score (nSPS) is 18.0. The number of carbonyl (C=O) groups is 1. The molecule has 0 saturated carbocycles. The van der Waals surface area contributed by atoms with Crippen LogP contribution in [0.2, 0.25) is 5.02 Å². The van der Waals surface area contributed by atoms with Crippen LogP contribution in [0.4, 0.5) is 0 Å². The molecule has 1 aliphatic heterocycles. The van der Waals surface area contributed by atoms with Crippen LogP contribution in [0.25, 0.3) is 0 Å². The van der Waals surface area contributed by atoms with Crippen LogP contribution in [0, 0.1) is 0 Å². The molecule has 1 amide bonds. The van der Waals surface area contributed by atoms with Gasteiger partial charge in [0.2, 0.25) is 0 Å². The highest BCUT2D eigenvalue weighted by atomic mass is 35.5. The molecule has 0 bridgehead atoms. The van der Waals surface area contributed by atoms with E-state index in [0.717, 1.165) is 25.1 Å². The lowest BCUT2D eigenvalue weighted by atomic mass is 10.2. The summed E-state index contributed by atoms with van der Waals surface area (Å²) in [5.74, 6) is -0.166. The van der Waals surface area contributed by atoms with E-state index in [1.165, 1.54) is 6.42 Å². The van der Waals surface area contributed by atoms with E-state index in [1.807, 2.05) is 24.3 Å². The molecule has 2 heterocycles. The molecule has 0 radical (unpaired) electrons. The fourth-order valence-corrected chi connectivity index (χ4v) is 3.23. The van der Waals surface area contributed by atoms with Crippen molar-refractivity contribution in [2.75, 3.05) is 19.6 Å². The maximum Gasteiger partial charge on any atom is 0.273 e. The summed E-state index contributed by atoms with van der Waals surface area (Å²) >= 11 is 5.88. The fraction of sp³-hybridized carbons (Fsp3) is 0.471. The van der Waals surface area contributed by atoms with Crippen LogP contribution < -0.4 is 5.32 Å². The van der Waals surface area contributed by atoms with Crippen molar-refractivity contribution in [3.63, 3.8) is 0 Å². The first-order chi connectivity index (χ1) is 11.7. The average molecular weight is 348 g/mol. The summed E-state index contributed by atoms with van der Waals surface area (Å²) in [6.07, 6.45) is 4.01. The van der Waals surface area contributed by atoms with Gasteiger partial charge >= 0.3 is 0 Å². The summed E-state index contributed by atoms with van der Waals surface area (Å²) in [5.41, 5.74) is 1.41. The molecule has 128 valence electrons. The van der Waals surface area contributed by atoms with Gasteiger partial charge in [0.05, 0.1) is 12.7 Å². The molecular formula is C17H22ClN5O. The molecule has 0 unspecified atom stereocenters. The standard InChI is InChI=1S/C17H22ClN5O/c1-2-22-9-3-4-15(22)10-19-17(24)16-12-23(21-20-16)11-13-5-7-14(18)8-6-13/h5-8,12,15H,2-4,9-11H2,1H3,(H,19,24)/t15-/m1/s1. The molecule has 1 aromatic carbocycles. The number of rotatable bonds is 6. The third-order valence-electron chi connectivity index (χ3n) is 4.43. The number of nitrogens with zero attached hydrogens (tertiary/aromatic N) is 4. The largest absolute Gasteiger partial charge is 0.349 e. The van der Waals surface area contributed by atoms with E-state index in [-0.39, 0.29) is 5.91 Å². The molecule has 2 aromatic rings. The van der Waals surface area contributed by atoms with Crippen molar-refractivity contribution < 1.29 is 4.79 Å². The predicted molar refractivity (Wildman–Crippen MR) is 93.2 cm³/mol. The lowest BCUT2D eigenvalue weighted by Crippen LogP contribution is -2.40. The Hall–Kier alpha value is -1.92. The fourth-order valence-electron chi connectivity index (χ4n) is 3.10. The second-order valence-electron chi connectivity index (χ2n) is 6.06. The zero-order chi connectivity index (χ0) is 16.9. The van der Waals surface area contributed by atoms with Gasteiger partial charge < -0.3 is 5.32 Å². The highest BCUT2D eigenvalue weighted by Crippen LogP contribution is 2.15. The molecule has 1 saturated heterocycles. The zero-order valence-corrected chi connectivity index (χ0v) is 14.5. The van der Waals surface area contributed by atoms with Gasteiger partial charge in [-0.3, -0.25) is 9.69 Å². The molecule has 1 N–H and O–H groups in total. The molecule has 3 rings (SSSR count). The lowest BCUT2D eigenvalue weighted by Gasteiger charge is -2.22. The van der Waals surface area contributed by atoms with Gasteiger partial charge in [0.25, 0.3) is 5.91 Å². The number of amides is 1. The monoisotopic (exact) mass is 347 g/mol. The molecule has 1 atom stereocenters. The summed E-state index contributed by atoms with van der Waals surface area (Å²) in [7, 11) is 0. The van der Waals surface area contributed by atoms with Gasteiger partial charge in [0, 0.05) is 17.6 Å². The van der Waals surface area contributed by atoms with Crippen molar-refractivity contribution in [2.24, 2.45) is 0 Å². The van der Waals surface area contributed by atoms with Gasteiger partial charge in [-0.05, 0) is 43.6 Å². The molecule has 1 aromatic heterocycles. The third kappa shape index (κ3) is 4.13. The first-order valence-corrected chi connectivity index (χ1v) is 8.70. The van der Waals surface area contributed by atoms with Crippen molar-refractivity contribution in [1.29, 1.82) is 0 Å². The molecule has 0 aliphatic carbocycles. The van der Waals surface area contributed by atoms with Crippen molar-refractivity contribution >= 4 is 17.5 Å². The van der Waals surface area contributed by atoms with Crippen LogP contribution in [0.1, 0.15) is 35.8 Å². The van der Waals surface area contributed by atoms with E-state index < -0.39 is 0 Å². The van der Waals surface area contributed by atoms with Gasteiger partial charge in [-0.2, -0.15) is 0 Å². The Morgan fingerprint density at radius 3 is 2.92 bits per heavy atom. The number of hydrogen-bond donors (Lipinski definition) is 1. The van der Waals surface area contributed by atoms with E-state index in [0.29, 0.717) is 29.8 Å². The molecule has 6 nitrogen and oxygen atoms in total. The zero-order valence-electron chi connectivity index (χ0n) is 13.8. The van der Waals surface area contributed by atoms with E-state index >= 15 is 0 Å². The summed E-state index contributed by atoms with van der Waals surface area (Å²) < 4.78 is 1.66. The summed E-state index contributed by atoms with van der Waals surface area (Å²) in [5, 5.41) is 11.7. The number of halogens is 1. The van der Waals surface area contributed by atoms with Gasteiger partial charge in [0.1, 0.15) is 0 Å². The second kappa shape index (κ2) is 7.77. The minimum absolute atomic E-state index is 0.166. The van der Waals surface area contributed by atoms with Crippen LogP contribution in [0.3, 0.4) is 0 Å². The van der Waals surface area contributed by atoms with Crippen LogP contribution >= 0.6 is 11.6 Å². The molecular weight excluding hydrogens is 326 g/mol. The number of carbonyl (C=O) groups excluding carboxylic acids is 1. The van der Waals surface area contributed by atoms with Crippen LogP contribution in [0.5, 0.6) is 0 Å².